The molecular formula is C16H21NO3. The third-order valence-electron chi connectivity index (χ3n) is 3.59. The normalized spacial score (nSPS) is 19.4. The molecule has 0 bridgehead atoms. The molecule has 2 rings (SSSR count). The molecule has 0 aliphatic heterocycles. The van der Waals surface area contributed by atoms with Crippen LogP contribution >= 0.6 is 0 Å². The van der Waals surface area contributed by atoms with E-state index in [-0.39, 0.29) is 18.4 Å². The Bertz CT molecular complexity index is 484. The number of hydrogen-bond donors (Lipinski definition) is 2. The molecule has 0 saturated carbocycles. The summed E-state index contributed by atoms with van der Waals surface area (Å²) in [5.41, 5.74) is 0.744. The first-order chi connectivity index (χ1) is 9.70. The Hall–Kier alpha value is -1.81. The van der Waals surface area contributed by atoms with Gasteiger partial charge in [-0.05, 0) is 37.0 Å². The summed E-state index contributed by atoms with van der Waals surface area (Å²) >= 11 is 0. The van der Waals surface area contributed by atoms with E-state index in [0.29, 0.717) is 5.75 Å². The molecule has 1 aliphatic carbocycles. The predicted octanol–water partition coefficient (Wildman–Crippen LogP) is 2.20. The maximum absolute atomic E-state index is 12.0. The van der Waals surface area contributed by atoms with Gasteiger partial charge in [0.1, 0.15) is 5.75 Å². The fraction of sp³-hybridized carbons (Fsp3) is 0.438. The summed E-state index contributed by atoms with van der Waals surface area (Å²) in [5.74, 6) is 0.763. The Labute approximate surface area is 119 Å². The van der Waals surface area contributed by atoms with Gasteiger partial charge in [-0.3, -0.25) is 4.79 Å². The van der Waals surface area contributed by atoms with Crippen LogP contribution in [-0.4, -0.2) is 24.7 Å². The van der Waals surface area contributed by atoms with Crippen molar-refractivity contribution < 1.29 is 14.6 Å². The molecule has 108 valence electrons. The van der Waals surface area contributed by atoms with Crippen molar-refractivity contribution in [2.75, 3.05) is 13.7 Å². The molecule has 0 unspecified atom stereocenters. The van der Waals surface area contributed by atoms with E-state index in [9.17, 15) is 9.90 Å². The van der Waals surface area contributed by atoms with E-state index in [1.807, 2.05) is 24.3 Å². The highest BCUT2D eigenvalue weighted by Crippen LogP contribution is 2.20. The number of carbonyl (C=O) groups is 1. The first-order valence-corrected chi connectivity index (χ1v) is 6.95. The van der Waals surface area contributed by atoms with Crippen molar-refractivity contribution in [2.24, 2.45) is 5.92 Å². The van der Waals surface area contributed by atoms with Crippen LogP contribution in [0.15, 0.2) is 36.4 Å². The van der Waals surface area contributed by atoms with Gasteiger partial charge in [0, 0.05) is 12.5 Å². The zero-order chi connectivity index (χ0) is 14.4. The van der Waals surface area contributed by atoms with E-state index in [4.69, 9.17) is 4.74 Å². The van der Waals surface area contributed by atoms with Crippen LogP contribution in [0.25, 0.3) is 0 Å². The number of aliphatic hydroxyl groups excluding tert-OH is 1. The van der Waals surface area contributed by atoms with Crippen LogP contribution in [0.1, 0.15) is 30.9 Å². The van der Waals surface area contributed by atoms with E-state index >= 15 is 0 Å². The third kappa shape index (κ3) is 3.84. The molecule has 4 heteroatoms. The fourth-order valence-corrected chi connectivity index (χ4v) is 2.34. The van der Waals surface area contributed by atoms with E-state index in [1.54, 1.807) is 13.2 Å². The number of amides is 1. The van der Waals surface area contributed by atoms with Crippen LogP contribution in [0.5, 0.6) is 5.75 Å². The highest BCUT2D eigenvalue weighted by atomic mass is 16.5. The van der Waals surface area contributed by atoms with Crippen LogP contribution in [0.2, 0.25) is 0 Å². The standard InChI is InChI=1S/C16H21NO3/c1-20-14-9-5-8-13(10-14)15(18)11-17-16(19)12-6-3-2-4-7-12/h2-3,5,8-10,12,15,18H,4,6-7,11H2,1H3,(H,17,19)/t12-,15+/m0/s1. The number of ether oxygens (including phenoxy) is 1. The summed E-state index contributed by atoms with van der Waals surface area (Å²) in [5, 5.41) is 12.9. The second kappa shape index (κ2) is 7.10. The Kier molecular flexibility index (Phi) is 5.18. The maximum Gasteiger partial charge on any atom is 0.223 e. The van der Waals surface area contributed by atoms with Crippen molar-refractivity contribution in [3.63, 3.8) is 0 Å². The Morgan fingerprint density at radius 3 is 3.05 bits per heavy atom. The SMILES string of the molecule is COc1cccc([C@H](O)CNC(=O)[C@H]2CC=CCC2)c1. The first kappa shape index (κ1) is 14.6. The Morgan fingerprint density at radius 1 is 1.50 bits per heavy atom. The minimum absolute atomic E-state index is 0.0243. The molecular weight excluding hydrogens is 254 g/mol. The molecule has 2 N–H and O–H groups in total. The maximum atomic E-state index is 12.0. The smallest absolute Gasteiger partial charge is 0.223 e. The Morgan fingerprint density at radius 2 is 2.35 bits per heavy atom. The van der Waals surface area contributed by atoms with E-state index in [0.717, 1.165) is 24.8 Å². The van der Waals surface area contributed by atoms with E-state index in [1.165, 1.54) is 0 Å². The van der Waals surface area contributed by atoms with Gasteiger partial charge in [0.15, 0.2) is 0 Å². The van der Waals surface area contributed by atoms with Crippen molar-refractivity contribution in [3.8, 4) is 5.75 Å². The number of methoxy groups -OCH3 is 1. The molecule has 20 heavy (non-hydrogen) atoms. The number of rotatable bonds is 5. The number of allylic oxidation sites excluding steroid dienone is 2. The molecule has 1 amide bonds. The van der Waals surface area contributed by atoms with Crippen molar-refractivity contribution >= 4 is 5.91 Å². The molecule has 1 aromatic rings. The average Bonchev–Trinajstić information content (AvgIpc) is 2.53. The van der Waals surface area contributed by atoms with Gasteiger partial charge in [-0.2, -0.15) is 0 Å². The molecule has 0 aromatic heterocycles. The molecule has 2 atom stereocenters. The summed E-state index contributed by atoms with van der Waals surface area (Å²) in [4.78, 5) is 12.0. The number of carbonyl (C=O) groups excluding carboxylic acids is 1. The number of benzene rings is 1. The fourth-order valence-electron chi connectivity index (χ4n) is 2.34. The quantitative estimate of drug-likeness (QED) is 0.810. The van der Waals surface area contributed by atoms with Gasteiger partial charge in [0.25, 0.3) is 0 Å². The molecule has 4 nitrogen and oxygen atoms in total. The van der Waals surface area contributed by atoms with Crippen molar-refractivity contribution in [1.29, 1.82) is 0 Å². The molecule has 0 fully saturated rings. The monoisotopic (exact) mass is 275 g/mol. The minimum Gasteiger partial charge on any atom is -0.497 e. The zero-order valence-electron chi connectivity index (χ0n) is 11.7. The van der Waals surface area contributed by atoms with Crippen molar-refractivity contribution in [3.05, 3.63) is 42.0 Å². The number of hydrogen-bond acceptors (Lipinski definition) is 3. The summed E-state index contributed by atoms with van der Waals surface area (Å²) in [6, 6.07) is 7.25. The largest absolute Gasteiger partial charge is 0.497 e. The van der Waals surface area contributed by atoms with Crippen LogP contribution in [-0.2, 0) is 4.79 Å². The van der Waals surface area contributed by atoms with Gasteiger partial charge in [0.2, 0.25) is 5.91 Å². The molecule has 0 heterocycles. The van der Waals surface area contributed by atoms with Gasteiger partial charge in [-0.15, -0.1) is 0 Å². The van der Waals surface area contributed by atoms with Crippen molar-refractivity contribution in [2.45, 2.75) is 25.4 Å². The topological polar surface area (TPSA) is 58.6 Å². The van der Waals surface area contributed by atoms with E-state index < -0.39 is 6.10 Å². The lowest BCUT2D eigenvalue weighted by Crippen LogP contribution is -2.34. The summed E-state index contributed by atoms with van der Waals surface area (Å²) < 4.78 is 5.12. The van der Waals surface area contributed by atoms with Crippen LogP contribution in [0, 0.1) is 5.92 Å². The highest BCUT2D eigenvalue weighted by molar-refractivity contribution is 5.79. The first-order valence-electron chi connectivity index (χ1n) is 6.95. The molecule has 1 aromatic carbocycles. The molecule has 0 spiro atoms. The second-order valence-corrected chi connectivity index (χ2v) is 5.02. The highest BCUT2D eigenvalue weighted by Gasteiger charge is 2.19. The summed E-state index contributed by atoms with van der Waals surface area (Å²) in [6.07, 6.45) is 6.07. The lowest BCUT2D eigenvalue weighted by atomic mass is 9.93. The van der Waals surface area contributed by atoms with Gasteiger partial charge in [-0.25, -0.2) is 0 Å². The summed E-state index contributed by atoms with van der Waals surface area (Å²) in [6.45, 7) is 0.228. The number of aliphatic hydroxyl groups is 1. The number of nitrogens with one attached hydrogen (secondary N) is 1. The zero-order valence-corrected chi connectivity index (χ0v) is 11.7. The second-order valence-electron chi connectivity index (χ2n) is 5.02. The van der Waals surface area contributed by atoms with Crippen LogP contribution in [0.4, 0.5) is 0 Å². The van der Waals surface area contributed by atoms with E-state index in [2.05, 4.69) is 11.4 Å². The lowest BCUT2D eigenvalue weighted by Gasteiger charge is -2.19. The van der Waals surface area contributed by atoms with Gasteiger partial charge in [-0.1, -0.05) is 24.3 Å². The van der Waals surface area contributed by atoms with Crippen molar-refractivity contribution in [1.82, 2.24) is 5.32 Å². The lowest BCUT2D eigenvalue weighted by molar-refractivity contribution is -0.125. The third-order valence-corrected chi connectivity index (χ3v) is 3.59. The van der Waals surface area contributed by atoms with Gasteiger partial charge < -0.3 is 15.2 Å². The van der Waals surface area contributed by atoms with Crippen LogP contribution in [0.3, 0.4) is 0 Å². The van der Waals surface area contributed by atoms with Gasteiger partial charge >= 0.3 is 0 Å². The Balaban J connectivity index is 1.86. The molecule has 1 aliphatic rings. The molecule has 0 saturated heterocycles. The predicted molar refractivity (Wildman–Crippen MR) is 77.4 cm³/mol. The van der Waals surface area contributed by atoms with Crippen LogP contribution < -0.4 is 10.1 Å². The molecule has 0 radical (unpaired) electrons. The minimum atomic E-state index is -0.715. The average molecular weight is 275 g/mol. The van der Waals surface area contributed by atoms with Gasteiger partial charge in [0.05, 0.1) is 13.2 Å². The summed E-state index contributed by atoms with van der Waals surface area (Å²) in [7, 11) is 1.59.